The van der Waals surface area contributed by atoms with E-state index in [1.165, 1.54) is 0 Å². The molecule has 0 spiro atoms. The molecule has 0 bridgehead atoms. The van der Waals surface area contributed by atoms with Crippen LogP contribution in [0.2, 0.25) is 0 Å². The largest absolute Gasteiger partial charge is 0.491 e. The number of sulfone groups is 1. The molecular weight excluding hydrogens is 354 g/mol. The first-order valence-corrected chi connectivity index (χ1v) is 10.9. The number of nitrogens with zero attached hydrogens (tertiary/aromatic N) is 1. The lowest BCUT2D eigenvalue weighted by molar-refractivity contribution is 0.0658. The molecule has 1 aromatic rings. The first kappa shape index (κ1) is 19.2. The van der Waals surface area contributed by atoms with Crippen molar-refractivity contribution < 1.29 is 22.7 Å². The predicted molar refractivity (Wildman–Crippen MR) is 99.3 cm³/mol. The highest BCUT2D eigenvalue weighted by Gasteiger charge is 2.43. The van der Waals surface area contributed by atoms with Gasteiger partial charge in [-0.3, -0.25) is 4.79 Å². The van der Waals surface area contributed by atoms with Crippen molar-refractivity contribution in [3.63, 3.8) is 0 Å². The number of rotatable bonds is 7. The molecule has 1 amide bonds. The van der Waals surface area contributed by atoms with Gasteiger partial charge in [-0.05, 0) is 37.1 Å². The number of carbonyl (C=O) groups is 1. The normalized spacial score (nSPS) is 19.2. The third-order valence-corrected chi connectivity index (χ3v) is 7.90. The Bertz CT molecular complexity index is 704. The maximum atomic E-state index is 12.7. The molecule has 1 aliphatic carbocycles. The molecule has 0 atom stereocenters. The molecule has 1 aliphatic heterocycles. The van der Waals surface area contributed by atoms with Gasteiger partial charge in [0, 0.05) is 25.8 Å². The molecule has 6 nitrogen and oxygen atoms in total. The van der Waals surface area contributed by atoms with Crippen LogP contribution in [0.15, 0.2) is 24.3 Å². The third kappa shape index (κ3) is 4.20. The van der Waals surface area contributed by atoms with E-state index in [0.717, 1.165) is 32.1 Å². The highest BCUT2D eigenvalue weighted by atomic mass is 32.2. The standard InChI is InChI=1S/C19H27NO5S/c1-24-11-12-25-16-9-7-15(8-10-16)19(21)20-13-18(14-20)26(22,23)17-5-3-2-4-6-17/h7-10,17-18H,2-6,11-14H2,1H3. The van der Waals surface area contributed by atoms with Crippen LogP contribution in [-0.4, -0.2) is 63.1 Å². The van der Waals surface area contributed by atoms with Gasteiger partial charge in [0.25, 0.3) is 5.91 Å². The number of carbonyl (C=O) groups excluding carboxylic acids is 1. The van der Waals surface area contributed by atoms with E-state index in [1.807, 2.05) is 0 Å². The van der Waals surface area contributed by atoms with Gasteiger partial charge >= 0.3 is 0 Å². The van der Waals surface area contributed by atoms with E-state index >= 15 is 0 Å². The Morgan fingerprint density at radius 1 is 1.04 bits per heavy atom. The molecule has 1 saturated heterocycles. The van der Waals surface area contributed by atoms with Gasteiger partial charge in [0.15, 0.2) is 9.84 Å². The fourth-order valence-electron chi connectivity index (χ4n) is 3.60. The summed E-state index contributed by atoms with van der Waals surface area (Å²) in [5.74, 6) is 0.559. The molecule has 26 heavy (non-hydrogen) atoms. The van der Waals surface area contributed by atoms with Crippen molar-refractivity contribution in [1.82, 2.24) is 4.90 Å². The monoisotopic (exact) mass is 381 g/mol. The molecule has 0 aromatic heterocycles. The molecule has 144 valence electrons. The minimum atomic E-state index is -3.12. The molecule has 3 rings (SSSR count). The van der Waals surface area contributed by atoms with Crippen LogP contribution in [0.4, 0.5) is 0 Å². The molecule has 2 aliphatic rings. The van der Waals surface area contributed by atoms with Crippen LogP contribution in [0, 0.1) is 0 Å². The van der Waals surface area contributed by atoms with Crippen molar-refractivity contribution in [1.29, 1.82) is 0 Å². The molecule has 0 unspecified atom stereocenters. The van der Waals surface area contributed by atoms with E-state index in [0.29, 0.717) is 37.6 Å². The number of benzene rings is 1. The summed E-state index contributed by atoms with van der Waals surface area (Å²) in [6, 6.07) is 6.93. The Morgan fingerprint density at radius 2 is 1.69 bits per heavy atom. The maximum absolute atomic E-state index is 12.7. The quantitative estimate of drug-likeness (QED) is 0.678. The number of hydrogen-bond donors (Lipinski definition) is 0. The molecule has 7 heteroatoms. The van der Waals surface area contributed by atoms with Crippen LogP contribution in [0.5, 0.6) is 5.75 Å². The molecule has 0 radical (unpaired) electrons. The van der Waals surface area contributed by atoms with Gasteiger partial charge in [0.1, 0.15) is 12.4 Å². The number of likely N-dealkylation sites (tertiary alicyclic amines) is 1. The Morgan fingerprint density at radius 3 is 2.31 bits per heavy atom. The number of methoxy groups -OCH3 is 1. The SMILES string of the molecule is COCCOc1ccc(C(=O)N2CC(S(=O)(=O)C3CCCCC3)C2)cc1. The van der Waals surface area contributed by atoms with Crippen LogP contribution in [0.3, 0.4) is 0 Å². The number of amides is 1. The summed E-state index contributed by atoms with van der Waals surface area (Å²) in [6.07, 6.45) is 4.68. The summed E-state index contributed by atoms with van der Waals surface area (Å²) in [5, 5.41) is -0.603. The second kappa shape index (κ2) is 8.39. The fourth-order valence-corrected chi connectivity index (χ4v) is 5.91. The summed E-state index contributed by atoms with van der Waals surface area (Å²) in [7, 11) is -1.51. The molecular formula is C19H27NO5S. The Hall–Kier alpha value is -1.60. The maximum Gasteiger partial charge on any atom is 0.253 e. The zero-order valence-corrected chi connectivity index (χ0v) is 16.0. The lowest BCUT2D eigenvalue weighted by Gasteiger charge is -2.40. The highest BCUT2D eigenvalue weighted by molar-refractivity contribution is 7.92. The number of hydrogen-bond acceptors (Lipinski definition) is 5. The van der Waals surface area contributed by atoms with Crippen molar-refractivity contribution in [2.75, 3.05) is 33.4 Å². The lowest BCUT2D eigenvalue weighted by Crippen LogP contribution is -2.58. The summed E-state index contributed by atoms with van der Waals surface area (Å²) >= 11 is 0. The first-order valence-electron chi connectivity index (χ1n) is 9.26. The minimum absolute atomic E-state index is 0.122. The zero-order chi connectivity index (χ0) is 18.6. The van der Waals surface area contributed by atoms with E-state index in [4.69, 9.17) is 9.47 Å². The van der Waals surface area contributed by atoms with Gasteiger partial charge in [-0.1, -0.05) is 19.3 Å². The number of ether oxygens (including phenoxy) is 2. The van der Waals surface area contributed by atoms with Crippen molar-refractivity contribution in [2.24, 2.45) is 0 Å². The highest BCUT2D eigenvalue weighted by Crippen LogP contribution is 2.30. The Balaban J connectivity index is 1.52. The van der Waals surface area contributed by atoms with Crippen molar-refractivity contribution in [3.05, 3.63) is 29.8 Å². The van der Waals surface area contributed by atoms with E-state index < -0.39 is 15.1 Å². The van der Waals surface area contributed by atoms with E-state index in [2.05, 4.69) is 0 Å². The van der Waals surface area contributed by atoms with Crippen molar-refractivity contribution in [3.8, 4) is 5.75 Å². The second-order valence-electron chi connectivity index (χ2n) is 7.05. The van der Waals surface area contributed by atoms with E-state index in [1.54, 1.807) is 36.3 Å². The van der Waals surface area contributed by atoms with E-state index in [-0.39, 0.29) is 11.2 Å². The van der Waals surface area contributed by atoms with Crippen molar-refractivity contribution >= 4 is 15.7 Å². The van der Waals surface area contributed by atoms with Crippen LogP contribution >= 0.6 is 0 Å². The van der Waals surface area contributed by atoms with Crippen LogP contribution in [0.1, 0.15) is 42.5 Å². The molecule has 1 aromatic carbocycles. The minimum Gasteiger partial charge on any atom is -0.491 e. The molecule has 2 fully saturated rings. The summed E-state index contributed by atoms with van der Waals surface area (Å²) < 4.78 is 35.8. The van der Waals surface area contributed by atoms with Crippen LogP contribution in [-0.2, 0) is 14.6 Å². The van der Waals surface area contributed by atoms with Crippen LogP contribution < -0.4 is 4.74 Å². The van der Waals surface area contributed by atoms with Crippen molar-refractivity contribution in [2.45, 2.75) is 42.6 Å². The second-order valence-corrected chi connectivity index (χ2v) is 9.56. The zero-order valence-electron chi connectivity index (χ0n) is 15.2. The van der Waals surface area contributed by atoms with Gasteiger partial charge in [-0.2, -0.15) is 0 Å². The average Bonchev–Trinajstić information content (AvgIpc) is 2.62. The predicted octanol–water partition coefficient (Wildman–Crippen LogP) is 2.28. The van der Waals surface area contributed by atoms with Gasteiger partial charge < -0.3 is 14.4 Å². The van der Waals surface area contributed by atoms with E-state index in [9.17, 15) is 13.2 Å². The Kier molecular flexibility index (Phi) is 6.19. The van der Waals surface area contributed by atoms with Crippen LogP contribution in [0.25, 0.3) is 0 Å². The summed E-state index contributed by atoms with van der Waals surface area (Å²) in [4.78, 5) is 14.1. The Labute approximate surface area is 155 Å². The fraction of sp³-hybridized carbons (Fsp3) is 0.632. The molecule has 1 heterocycles. The van der Waals surface area contributed by atoms with Gasteiger partial charge in [-0.15, -0.1) is 0 Å². The molecule has 0 N–H and O–H groups in total. The first-order chi connectivity index (χ1) is 12.5. The average molecular weight is 381 g/mol. The summed E-state index contributed by atoms with van der Waals surface area (Å²) in [5.41, 5.74) is 0.553. The third-order valence-electron chi connectivity index (χ3n) is 5.27. The van der Waals surface area contributed by atoms with Gasteiger partial charge in [0.2, 0.25) is 0 Å². The summed E-state index contributed by atoms with van der Waals surface area (Å²) in [6.45, 7) is 1.58. The smallest absolute Gasteiger partial charge is 0.253 e. The van der Waals surface area contributed by atoms with Gasteiger partial charge in [-0.25, -0.2) is 8.42 Å². The topological polar surface area (TPSA) is 72.9 Å². The molecule has 1 saturated carbocycles. The van der Waals surface area contributed by atoms with Gasteiger partial charge in [0.05, 0.1) is 17.1 Å². The lowest BCUT2D eigenvalue weighted by atomic mass is 10.0.